The zero-order valence-corrected chi connectivity index (χ0v) is 21.3. The molecule has 2 aliphatic heterocycles. The molecule has 2 aliphatic rings. The average Bonchev–Trinajstić information content (AvgIpc) is 2.91. The SMILES string of the molecule is O=C(O)CCCCC(=O)Nc1cccc([C@H]2O[C@@H](CN3CCCCC3)C[C@@H](c3ccc(CO)cc3)O2)c1. The van der Waals surface area contributed by atoms with Gasteiger partial charge in [-0.2, -0.15) is 0 Å². The summed E-state index contributed by atoms with van der Waals surface area (Å²) in [4.78, 5) is 25.5. The molecule has 0 saturated carbocycles. The number of anilines is 1. The highest BCUT2D eigenvalue weighted by Gasteiger charge is 2.33. The normalized spacial score (nSPS) is 22.5. The Morgan fingerprint density at radius 1 is 0.946 bits per heavy atom. The topological polar surface area (TPSA) is 108 Å². The molecule has 0 bridgehead atoms. The summed E-state index contributed by atoms with van der Waals surface area (Å²) in [5, 5.41) is 21.1. The van der Waals surface area contributed by atoms with Crippen molar-refractivity contribution < 1.29 is 29.3 Å². The van der Waals surface area contributed by atoms with Crippen LogP contribution in [0, 0.1) is 0 Å². The van der Waals surface area contributed by atoms with Crippen LogP contribution in [0.2, 0.25) is 0 Å². The Labute approximate surface area is 218 Å². The first kappa shape index (κ1) is 27.3. The summed E-state index contributed by atoms with van der Waals surface area (Å²) in [5.74, 6) is -0.986. The molecule has 3 atom stereocenters. The molecule has 2 saturated heterocycles. The van der Waals surface area contributed by atoms with Gasteiger partial charge in [0.25, 0.3) is 0 Å². The van der Waals surface area contributed by atoms with Crippen LogP contribution in [0.25, 0.3) is 0 Å². The molecule has 1 amide bonds. The highest BCUT2D eigenvalue weighted by atomic mass is 16.7. The van der Waals surface area contributed by atoms with Gasteiger partial charge in [0.15, 0.2) is 6.29 Å². The largest absolute Gasteiger partial charge is 0.481 e. The van der Waals surface area contributed by atoms with Crippen LogP contribution < -0.4 is 5.32 Å². The van der Waals surface area contributed by atoms with Crippen molar-refractivity contribution in [3.63, 3.8) is 0 Å². The standard InChI is InChI=1S/C29H38N2O6/c32-20-21-11-13-22(14-12-21)26-18-25(19-31-15-4-1-5-16-31)36-29(37-26)23-7-6-8-24(17-23)30-27(33)9-2-3-10-28(34)35/h6-8,11-14,17,25-26,29,32H,1-5,9-10,15-16,18-20H2,(H,30,33)(H,34,35)/t25-,26+,29+/m1/s1. The Morgan fingerprint density at radius 2 is 1.70 bits per heavy atom. The number of likely N-dealkylation sites (tertiary alicyclic amines) is 1. The van der Waals surface area contributed by atoms with Crippen LogP contribution >= 0.6 is 0 Å². The first-order valence-corrected chi connectivity index (χ1v) is 13.3. The van der Waals surface area contributed by atoms with Gasteiger partial charge >= 0.3 is 5.97 Å². The number of aliphatic hydroxyl groups is 1. The van der Waals surface area contributed by atoms with Gasteiger partial charge in [0, 0.05) is 37.1 Å². The van der Waals surface area contributed by atoms with Crippen molar-refractivity contribution in [1.29, 1.82) is 0 Å². The third-order valence-electron chi connectivity index (χ3n) is 7.01. The van der Waals surface area contributed by atoms with Crippen molar-refractivity contribution in [2.75, 3.05) is 25.0 Å². The molecular weight excluding hydrogens is 472 g/mol. The number of unbranched alkanes of at least 4 members (excludes halogenated alkanes) is 1. The number of aliphatic hydroxyl groups excluding tert-OH is 1. The Morgan fingerprint density at radius 3 is 2.43 bits per heavy atom. The quantitative estimate of drug-likeness (QED) is 0.373. The lowest BCUT2D eigenvalue weighted by Gasteiger charge is -2.39. The molecule has 37 heavy (non-hydrogen) atoms. The highest BCUT2D eigenvalue weighted by molar-refractivity contribution is 5.90. The van der Waals surface area contributed by atoms with Gasteiger partial charge in [0.1, 0.15) is 0 Å². The van der Waals surface area contributed by atoms with Gasteiger partial charge in [-0.05, 0) is 62.0 Å². The maximum atomic E-state index is 12.4. The van der Waals surface area contributed by atoms with Crippen LogP contribution in [0.3, 0.4) is 0 Å². The Hall–Kier alpha value is -2.78. The fourth-order valence-corrected chi connectivity index (χ4v) is 5.01. The number of carbonyl (C=O) groups excluding carboxylic acids is 1. The van der Waals surface area contributed by atoms with Crippen molar-refractivity contribution in [3.05, 3.63) is 65.2 Å². The third kappa shape index (κ3) is 8.36. The fourth-order valence-electron chi connectivity index (χ4n) is 5.01. The summed E-state index contributed by atoms with van der Waals surface area (Å²) in [6, 6.07) is 15.4. The molecule has 2 aromatic carbocycles. The number of amides is 1. The Kier molecular flexibility index (Phi) is 10.1. The van der Waals surface area contributed by atoms with Gasteiger partial charge in [-0.15, -0.1) is 0 Å². The number of aliphatic carboxylic acids is 1. The number of rotatable bonds is 11. The minimum atomic E-state index is -0.846. The Balaban J connectivity index is 1.44. The van der Waals surface area contributed by atoms with Crippen LogP contribution in [0.15, 0.2) is 48.5 Å². The van der Waals surface area contributed by atoms with Crippen LogP contribution in [0.1, 0.15) is 80.5 Å². The number of carbonyl (C=O) groups is 2. The van der Waals surface area contributed by atoms with E-state index >= 15 is 0 Å². The smallest absolute Gasteiger partial charge is 0.303 e. The number of benzene rings is 2. The summed E-state index contributed by atoms with van der Waals surface area (Å²) in [7, 11) is 0. The van der Waals surface area contributed by atoms with Crippen molar-refractivity contribution in [3.8, 4) is 0 Å². The number of carboxylic acids is 1. The first-order chi connectivity index (χ1) is 18.0. The third-order valence-corrected chi connectivity index (χ3v) is 7.01. The van der Waals surface area contributed by atoms with E-state index in [-0.39, 0.29) is 37.6 Å². The van der Waals surface area contributed by atoms with Crippen LogP contribution in [-0.4, -0.2) is 52.7 Å². The van der Waals surface area contributed by atoms with Crippen LogP contribution in [0.4, 0.5) is 5.69 Å². The number of nitrogens with zero attached hydrogens (tertiary/aromatic N) is 1. The molecule has 0 unspecified atom stereocenters. The fraction of sp³-hybridized carbons (Fsp3) is 0.517. The summed E-state index contributed by atoms with van der Waals surface area (Å²) in [6.07, 6.45) is 5.11. The molecule has 0 aliphatic carbocycles. The van der Waals surface area contributed by atoms with E-state index in [1.54, 1.807) is 0 Å². The van der Waals surface area contributed by atoms with E-state index in [4.69, 9.17) is 14.6 Å². The number of piperidine rings is 1. The molecule has 0 aromatic heterocycles. The van der Waals surface area contributed by atoms with Crippen molar-refractivity contribution in [1.82, 2.24) is 4.90 Å². The zero-order valence-electron chi connectivity index (χ0n) is 21.3. The Bertz CT molecular complexity index is 1020. The van der Waals surface area contributed by atoms with Crippen molar-refractivity contribution >= 4 is 17.6 Å². The molecule has 0 radical (unpaired) electrons. The monoisotopic (exact) mass is 510 g/mol. The summed E-state index contributed by atoms with van der Waals surface area (Å²) in [6.45, 7) is 3.05. The minimum absolute atomic E-state index is 0.00634. The number of hydrogen-bond donors (Lipinski definition) is 3. The lowest BCUT2D eigenvalue weighted by molar-refractivity contribution is -0.253. The van der Waals surface area contributed by atoms with Gasteiger partial charge in [-0.1, -0.05) is 42.8 Å². The second-order valence-corrected chi connectivity index (χ2v) is 9.99. The van der Waals surface area contributed by atoms with Gasteiger partial charge in [0.05, 0.1) is 18.8 Å². The molecule has 2 aromatic rings. The molecule has 8 nitrogen and oxygen atoms in total. The molecular formula is C29H38N2O6. The van der Waals surface area contributed by atoms with Gasteiger partial charge < -0.3 is 29.9 Å². The molecule has 8 heteroatoms. The second-order valence-electron chi connectivity index (χ2n) is 9.99. The van der Waals surface area contributed by atoms with Gasteiger partial charge in [-0.25, -0.2) is 0 Å². The number of carboxylic acid groups (broad SMARTS) is 1. The molecule has 2 fully saturated rings. The van der Waals surface area contributed by atoms with E-state index in [0.717, 1.165) is 42.7 Å². The minimum Gasteiger partial charge on any atom is -0.481 e. The highest BCUT2D eigenvalue weighted by Crippen LogP contribution is 2.38. The number of ether oxygens (including phenoxy) is 2. The van der Waals surface area contributed by atoms with E-state index in [9.17, 15) is 14.7 Å². The molecule has 200 valence electrons. The molecule has 0 spiro atoms. The van der Waals surface area contributed by atoms with E-state index in [1.165, 1.54) is 19.3 Å². The molecule has 4 rings (SSSR count). The summed E-state index contributed by atoms with van der Waals surface area (Å²) in [5.41, 5.74) is 3.42. The van der Waals surface area contributed by atoms with Gasteiger partial charge in [0.2, 0.25) is 5.91 Å². The predicted molar refractivity (Wildman–Crippen MR) is 140 cm³/mol. The number of hydrogen-bond acceptors (Lipinski definition) is 6. The van der Waals surface area contributed by atoms with Crippen molar-refractivity contribution in [2.24, 2.45) is 0 Å². The second kappa shape index (κ2) is 13.7. The summed E-state index contributed by atoms with van der Waals surface area (Å²) >= 11 is 0. The van der Waals surface area contributed by atoms with Gasteiger partial charge in [-0.3, -0.25) is 9.59 Å². The maximum absolute atomic E-state index is 12.4. The molecule has 3 N–H and O–H groups in total. The zero-order chi connectivity index (χ0) is 26.0. The maximum Gasteiger partial charge on any atom is 0.303 e. The number of nitrogens with one attached hydrogen (secondary N) is 1. The average molecular weight is 511 g/mol. The lowest BCUT2D eigenvalue weighted by atomic mass is 9.99. The first-order valence-electron chi connectivity index (χ1n) is 13.3. The van der Waals surface area contributed by atoms with E-state index < -0.39 is 12.3 Å². The lowest BCUT2D eigenvalue weighted by Crippen LogP contribution is -2.41. The van der Waals surface area contributed by atoms with E-state index in [2.05, 4.69) is 10.2 Å². The van der Waals surface area contributed by atoms with E-state index in [0.29, 0.717) is 18.5 Å². The molecule has 2 heterocycles. The van der Waals surface area contributed by atoms with Crippen LogP contribution in [0.5, 0.6) is 0 Å². The van der Waals surface area contributed by atoms with Crippen molar-refractivity contribution in [2.45, 2.75) is 76.5 Å². The predicted octanol–water partition coefficient (Wildman–Crippen LogP) is 4.79. The van der Waals surface area contributed by atoms with Crippen LogP contribution in [-0.2, 0) is 25.7 Å². The summed E-state index contributed by atoms with van der Waals surface area (Å²) < 4.78 is 12.9. The van der Waals surface area contributed by atoms with E-state index in [1.807, 2.05) is 48.5 Å².